The predicted molar refractivity (Wildman–Crippen MR) is 103 cm³/mol. The maximum Gasteiger partial charge on any atom is 0.228 e. The van der Waals surface area contributed by atoms with E-state index in [9.17, 15) is 14.4 Å². The monoisotopic (exact) mass is 395 g/mol. The molecule has 0 aliphatic carbocycles. The van der Waals surface area contributed by atoms with Crippen molar-refractivity contribution in [2.24, 2.45) is 17.6 Å². The summed E-state index contributed by atoms with van der Waals surface area (Å²) >= 11 is 0. The highest BCUT2D eigenvalue weighted by Crippen LogP contribution is 2.24. The van der Waals surface area contributed by atoms with E-state index < -0.39 is 0 Å². The van der Waals surface area contributed by atoms with E-state index in [1.807, 2.05) is 4.90 Å². The van der Waals surface area contributed by atoms with Gasteiger partial charge in [-0.05, 0) is 12.8 Å². The van der Waals surface area contributed by atoms with E-state index in [0.717, 1.165) is 45.7 Å². The smallest absolute Gasteiger partial charge is 0.228 e. The summed E-state index contributed by atoms with van der Waals surface area (Å²) in [5.74, 6) is -0.432. The highest BCUT2D eigenvalue weighted by atomic mass is 16.5. The molecule has 3 N–H and O–H groups in total. The van der Waals surface area contributed by atoms with Crippen molar-refractivity contribution in [1.29, 1.82) is 0 Å². The van der Waals surface area contributed by atoms with Gasteiger partial charge in [-0.25, -0.2) is 0 Å². The van der Waals surface area contributed by atoms with Gasteiger partial charge in [-0.2, -0.15) is 0 Å². The number of nitrogens with zero attached hydrogens (tertiary/aromatic N) is 3. The lowest BCUT2D eigenvalue weighted by Crippen LogP contribution is -2.48. The lowest BCUT2D eigenvalue weighted by molar-refractivity contribution is -0.139. The first kappa shape index (κ1) is 21.0. The summed E-state index contributed by atoms with van der Waals surface area (Å²) in [6.45, 7) is 7.21. The van der Waals surface area contributed by atoms with E-state index in [-0.39, 0.29) is 36.0 Å². The summed E-state index contributed by atoms with van der Waals surface area (Å²) in [7, 11) is 0. The molecule has 3 aliphatic rings. The van der Waals surface area contributed by atoms with Gasteiger partial charge in [0.15, 0.2) is 0 Å². The molecule has 2 unspecified atom stereocenters. The second kappa shape index (κ2) is 10.2. The Labute approximate surface area is 166 Å². The van der Waals surface area contributed by atoms with Crippen LogP contribution in [0.25, 0.3) is 0 Å². The second-order valence-electron chi connectivity index (χ2n) is 7.90. The molecule has 9 nitrogen and oxygen atoms in total. The summed E-state index contributed by atoms with van der Waals surface area (Å²) in [6.07, 6.45) is 1.88. The van der Waals surface area contributed by atoms with Gasteiger partial charge in [-0.3, -0.25) is 19.3 Å². The molecule has 3 heterocycles. The Morgan fingerprint density at radius 3 is 2.64 bits per heavy atom. The molecule has 3 saturated heterocycles. The summed E-state index contributed by atoms with van der Waals surface area (Å²) in [5.41, 5.74) is 5.44. The van der Waals surface area contributed by atoms with Crippen LogP contribution in [0.15, 0.2) is 0 Å². The summed E-state index contributed by atoms with van der Waals surface area (Å²) in [6, 6.07) is 0. The molecule has 158 valence electrons. The number of nitrogens with one attached hydrogen (secondary N) is 1. The van der Waals surface area contributed by atoms with E-state index in [1.165, 1.54) is 0 Å². The molecule has 0 radical (unpaired) electrons. The fourth-order valence-electron chi connectivity index (χ4n) is 4.23. The topological polar surface area (TPSA) is 108 Å². The van der Waals surface area contributed by atoms with Gasteiger partial charge < -0.3 is 25.6 Å². The molecule has 0 saturated carbocycles. The molecule has 9 heteroatoms. The Bertz CT molecular complexity index is 567. The number of hydrogen-bond donors (Lipinski definition) is 2. The number of ether oxygens (including phenoxy) is 1. The van der Waals surface area contributed by atoms with Crippen molar-refractivity contribution >= 4 is 17.7 Å². The van der Waals surface area contributed by atoms with Crippen LogP contribution >= 0.6 is 0 Å². The Kier molecular flexibility index (Phi) is 7.64. The lowest BCUT2D eigenvalue weighted by Gasteiger charge is -2.33. The minimum Gasteiger partial charge on any atom is -0.379 e. The van der Waals surface area contributed by atoms with Crippen molar-refractivity contribution in [3.63, 3.8) is 0 Å². The largest absolute Gasteiger partial charge is 0.379 e. The third-order valence-electron chi connectivity index (χ3n) is 5.90. The van der Waals surface area contributed by atoms with Crippen LogP contribution in [0.3, 0.4) is 0 Å². The average molecular weight is 396 g/mol. The van der Waals surface area contributed by atoms with Crippen LogP contribution in [0.2, 0.25) is 0 Å². The van der Waals surface area contributed by atoms with Crippen LogP contribution < -0.4 is 11.1 Å². The van der Waals surface area contributed by atoms with E-state index in [2.05, 4.69) is 10.2 Å². The lowest BCUT2D eigenvalue weighted by atomic mass is 9.95. The summed E-state index contributed by atoms with van der Waals surface area (Å²) in [4.78, 5) is 43.4. The highest BCUT2D eigenvalue weighted by Gasteiger charge is 2.38. The average Bonchev–Trinajstić information content (AvgIpc) is 3.11. The van der Waals surface area contributed by atoms with Gasteiger partial charge >= 0.3 is 0 Å². The molecule has 2 atom stereocenters. The molecule has 0 spiro atoms. The van der Waals surface area contributed by atoms with Gasteiger partial charge in [0.1, 0.15) is 0 Å². The third kappa shape index (κ3) is 5.42. The molecule has 28 heavy (non-hydrogen) atoms. The van der Waals surface area contributed by atoms with Crippen molar-refractivity contribution in [3.05, 3.63) is 0 Å². The first-order valence-corrected chi connectivity index (χ1v) is 10.4. The van der Waals surface area contributed by atoms with Gasteiger partial charge in [0, 0.05) is 65.3 Å². The fraction of sp³-hybridized carbons (Fsp3) is 0.842. The number of rotatable bonds is 7. The molecule has 0 aromatic carbocycles. The quantitative estimate of drug-likeness (QED) is 0.542. The van der Waals surface area contributed by atoms with Crippen LogP contribution in [0.4, 0.5) is 0 Å². The number of carbonyl (C=O) groups excluding carboxylic acids is 3. The zero-order valence-corrected chi connectivity index (χ0v) is 16.6. The van der Waals surface area contributed by atoms with Crippen LogP contribution in [-0.4, -0.2) is 105 Å². The van der Waals surface area contributed by atoms with Crippen molar-refractivity contribution in [2.45, 2.75) is 19.3 Å². The fourth-order valence-corrected chi connectivity index (χ4v) is 4.23. The van der Waals surface area contributed by atoms with Crippen LogP contribution in [0.5, 0.6) is 0 Å². The van der Waals surface area contributed by atoms with Crippen molar-refractivity contribution in [2.75, 3.05) is 72.1 Å². The SMILES string of the molecule is NCCNC(=O)C1CCCN(C(=O)C2CC(=O)N(CCN3CCOCC3)C2)C1. The normalized spacial score (nSPS) is 26.5. The summed E-state index contributed by atoms with van der Waals surface area (Å²) in [5, 5.41) is 2.82. The van der Waals surface area contributed by atoms with Gasteiger partial charge in [0.2, 0.25) is 17.7 Å². The number of amides is 3. The Balaban J connectivity index is 1.47. The molecular weight excluding hydrogens is 362 g/mol. The van der Waals surface area contributed by atoms with Crippen molar-refractivity contribution in [3.8, 4) is 0 Å². The highest BCUT2D eigenvalue weighted by molar-refractivity contribution is 5.89. The van der Waals surface area contributed by atoms with Crippen LogP contribution in [0, 0.1) is 11.8 Å². The molecule has 0 bridgehead atoms. The Morgan fingerprint density at radius 1 is 1.11 bits per heavy atom. The zero-order chi connectivity index (χ0) is 19.9. The predicted octanol–water partition coefficient (Wildman–Crippen LogP) is -1.52. The number of likely N-dealkylation sites (tertiary alicyclic amines) is 2. The van der Waals surface area contributed by atoms with E-state index >= 15 is 0 Å². The first-order valence-electron chi connectivity index (χ1n) is 10.4. The van der Waals surface area contributed by atoms with Gasteiger partial charge in [0.05, 0.1) is 25.0 Å². The molecular formula is C19H33N5O4. The third-order valence-corrected chi connectivity index (χ3v) is 5.90. The molecule has 3 fully saturated rings. The van der Waals surface area contributed by atoms with E-state index in [0.29, 0.717) is 39.3 Å². The Hall–Kier alpha value is -1.71. The maximum atomic E-state index is 12.9. The van der Waals surface area contributed by atoms with Gasteiger partial charge in [0.25, 0.3) is 0 Å². The molecule has 3 amide bonds. The minimum atomic E-state index is -0.289. The number of piperidine rings is 1. The zero-order valence-electron chi connectivity index (χ0n) is 16.6. The van der Waals surface area contributed by atoms with Gasteiger partial charge in [-0.1, -0.05) is 0 Å². The number of nitrogens with two attached hydrogens (primary N) is 1. The maximum absolute atomic E-state index is 12.9. The summed E-state index contributed by atoms with van der Waals surface area (Å²) < 4.78 is 5.35. The second-order valence-corrected chi connectivity index (χ2v) is 7.90. The van der Waals surface area contributed by atoms with Gasteiger partial charge in [-0.15, -0.1) is 0 Å². The standard InChI is InChI=1S/C19H33N5O4/c20-3-4-21-18(26)15-2-1-5-24(13-15)19(27)16-12-17(25)23(14-16)7-6-22-8-10-28-11-9-22/h15-16H,1-14,20H2,(H,21,26). The Morgan fingerprint density at radius 2 is 1.89 bits per heavy atom. The molecule has 0 aromatic heterocycles. The molecule has 3 aliphatic heterocycles. The number of carbonyl (C=O) groups is 3. The van der Waals surface area contributed by atoms with Crippen molar-refractivity contribution < 1.29 is 19.1 Å². The number of morpholine rings is 1. The van der Waals surface area contributed by atoms with E-state index in [1.54, 1.807) is 4.90 Å². The van der Waals surface area contributed by atoms with Crippen molar-refractivity contribution in [1.82, 2.24) is 20.0 Å². The van der Waals surface area contributed by atoms with Crippen LogP contribution in [-0.2, 0) is 19.1 Å². The minimum absolute atomic E-state index is 0.0125. The van der Waals surface area contributed by atoms with E-state index in [4.69, 9.17) is 10.5 Å². The van der Waals surface area contributed by atoms with Crippen LogP contribution in [0.1, 0.15) is 19.3 Å². The molecule has 0 aromatic rings. The number of hydrogen-bond acceptors (Lipinski definition) is 6. The first-order chi connectivity index (χ1) is 13.6. The molecule has 3 rings (SSSR count).